The largest absolute Gasteiger partial charge is 0.497 e. The zero-order chi connectivity index (χ0) is 16.2. The van der Waals surface area contributed by atoms with Crippen molar-refractivity contribution in [2.45, 2.75) is 25.0 Å². The number of nitrogens with zero attached hydrogens (tertiary/aromatic N) is 1. The molecule has 7 heteroatoms. The third kappa shape index (κ3) is 3.83. The normalized spacial score (nSPS) is 24.1. The molecule has 2 fully saturated rings. The van der Waals surface area contributed by atoms with Crippen LogP contribution < -0.4 is 9.64 Å². The summed E-state index contributed by atoms with van der Waals surface area (Å²) in [5, 5.41) is 0. The summed E-state index contributed by atoms with van der Waals surface area (Å²) < 4.78 is 15.5. The highest BCUT2D eigenvalue weighted by Gasteiger charge is 2.48. The van der Waals surface area contributed by atoms with Gasteiger partial charge >= 0.3 is 0 Å². The first kappa shape index (κ1) is 16.6. The minimum Gasteiger partial charge on any atom is -0.497 e. The third-order valence-corrected chi connectivity index (χ3v) is 4.44. The van der Waals surface area contributed by atoms with E-state index in [9.17, 15) is 4.79 Å². The summed E-state index contributed by atoms with van der Waals surface area (Å²) in [6.45, 7) is -0.0191. The van der Waals surface area contributed by atoms with Gasteiger partial charge in [0.25, 0.3) is 5.91 Å². The lowest BCUT2D eigenvalue weighted by molar-refractivity contribution is -0.146. The van der Waals surface area contributed by atoms with E-state index in [2.05, 4.69) is 12.2 Å². The van der Waals surface area contributed by atoms with Crippen molar-refractivity contribution in [1.29, 1.82) is 0 Å². The molecule has 1 saturated heterocycles. The van der Waals surface area contributed by atoms with Crippen LogP contribution >= 0.6 is 21.9 Å². The van der Waals surface area contributed by atoms with E-state index in [1.165, 1.54) is 12.8 Å². The second-order valence-electron chi connectivity index (χ2n) is 5.51. The maximum atomic E-state index is 12.4. The highest BCUT2D eigenvalue weighted by molar-refractivity contribution is 8.17. The molecule has 0 N–H and O–H groups in total. The number of ether oxygens (including phenoxy) is 2. The van der Waals surface area contributed by atoms with Crippen LogP contribution in [0.5, 0.6) is 5.75 Å². The minimum atomic E-state index is -0.532. The van der Waals surface area contributed by atoms with Gasteiger partial charge in [0, 0.05) is 5.69 Å². The molecule has 1 saturated carbocycles. The summed E-state index contributed by atoms with van der Waals surface area (Å²) >= 11 is 0.701. The summed E-state index contributed by atoms with van der Waals surface area (Å²) in [4.78, 5) is 14.2. The molecule has 1 heterocycles. The van der Waals surface area contributed by atoms with Gasteiger partial charge in [0.1, 0.15) is 17.0 Å². The lowest BCUT2D eigenvalue weighted by Gasteiger charge is -2.45. The van der Waals surface area contributed by atoms with Crippen LogP contribution in [0.3, 0.4) is 0 Å². The maximum Gasteiger partial charge on any atom is 0.259 e. The van der Waals surface area contributed by atoms with Gasteiger partial charge in [-0.05, 0) is 53.7 Å². The fraction of sp³-hybridized carbons (Fsp3) is 0.438. The van der Waals surface area contributed by atoms with E-state index in [4.69, 9.17) is 24.3 Å². The summed E-state index contributed by atoms with van der Waals surface area (Å²) in [5.41, 5.74) is 0.828. The standard InChI is InChI=1S/C16H18ClNO4S/c1-20-13-7-5-12(6-8-13)18-14(9-4-11-2-3-11)15(16(18)19)21-10-22-23-17/h4-9,11,14-15H,2-3,10H2,1H3/b9-4+. The number of halogens is 1. The average Bonchev–Trinajstić information content (AvgIpc) is 3.40. The number of methoxy groups -OCH3 is 1. The van der Waals surface area contributed by atoms with Crippen molar-refractivity contribution in [3.63, 3.8) is 0 Å². The number of anilines is 1. The van der Waals surface area contributed by atoms with Crippen molar-refractivity contribution < 1.29 is 18.5 Å². The second kappa shape index (κ2) is 7.57. The lowest BCUT2D eigenvalue weighted by Crippen LogP contribution is -2.65. The molecule has 0 aromatic heterocycles. The predicted molar refractivity (Wildman–Crippen MR) is 90.4 cm³/mol. The average molecular weight is 356 g/mol. The fourth-order valence-corrected chi connectivity index (χ4v) is 2.76. The molecule has 5 nitrogen and oxygen atoms in total. The van der Waals surface area contributed by atoms with Gasteiger partial charge in [-0.15, -0.1) is 0 Å². The summed E-state index contributed by atoms with van der Waals surface area (Å²) in [5.74, 6) is 1.31. The fourth-order valence-electron chi connectivity index (χ4n) is 2.56. The Morgan fingerprint density at radius 2 is 2.04 bits per heavy atom. The number of carbonyl (C=O) groups excluding carboxylic acids is 1. The van der Waals surface area contributed by atoms with E-state index >= 15 is 0 Å². The van der Waals surface area contributed by atoms with Crippen LogP contribution in [-0.2, 0) is 13.7 Å². The first-order chi connectivity index (χ1) is 11.2. The maximum absolute atomic E-state index is 12.4. The summed E-state index contributed by atoms with van der Waals surface area (Å²) in [6.07, 6.45) is 6.13. The highest BCUT2D eigenvalue weighted by atomic mass is 35.7. The first-order valence-electron chi connectivity index (χ1n) is 7.42. The zero-order valence-corrected chi connectivity index (χ0v) is 14.3. The topological polar surface area (TPSA) is 48.0 Å². The number of β-lactam (4-membered cyclic amide) rings is 1. The van der Waals surface area contributed by atoms with Crippen molar-refractivity contribution >= 4 is 33.5 Å². The van der Waals surface area contributed by atoms with Gasteiger partial charge in [-0.25, -0.2) is 0 Å². The number of allylic oxidation sites excluding steroid dienone is 1. The molecule has 1 aromatic rings. The highest BCUT2D eigenvalue weighted by Crippen LogP contribution is 2.35. The van der Waals surface area contributed by atoms with Gasteiger partial charge in [0.05, 0.1) is 13.2 Å². The molecule has 0 spiro atoms. The van der Waals surface area contributed by atoms with Crippen molar-refractivity contribution in [3.8, 4) is 5.75 Å². The lowest BCUT2D eigenvalue weighted by atomic mass is 9.95. The number of carbonyl (C=O) groups is 1. The van der Waals surface area contributed by atoms with Crippen LogP contribution in [0.25, 0.3) is 0 Å². The van der Waals surface area contributed by atoms with Crippen LogP contribution in [0.15, 0.2) is 36.4 Å². The van der Waals surface area contributed by atoms with Crippen LogP contribution in [0.4, 0.5) is 5.69 Å². The zero-order valence-electron chi connectivity index (χ0n) is 12.7. The summed E-state index contributed by atoms with van der Waals surface area (Å²) in [6, 6.07) is 7.30. The van der Waals surface area contributed by atoms with Crippen LogP contribution in [-0.4, -0.2) is 32.0 Å². The smallest absolute Gasteiger partial charge is 0.259 e. The minimum absolute atomic E-state index is 0.0191. The van der Waals surface area contributed by atoms with Crippen molar-refractivity contribution in [1.82, 2.24) is 0 Å². The van der Waals surface area contributed by atoms with Crippen molar-refractivity contribution in [2.75, 3.05) is 18.8 Å². The SMILES string of the molecule is COc1ccc(N2C(=O)C(OCOSCl)C2/C=C/C2CC2)cc1. The first-order valence-corrected chi connectivity index (χ1v) is 8.98. The Bertz CT molecular complexity index is 576. The monoisotopic (exact) mass is 355 g/mol. The molecule has 124 valence electrons. The Kier molecular flexibility index (Phi) is 5.48. The van der Waals surface area contributed by atoms with E-state index in [0.29, 0.717) is 17.2 Å². The molecular weight excluding hydrogens is 338 g/mol. The molecule has 1 amide bonds. The summed E-state index contributed by atoms with van der Waals surface area (Å²) in [7, 11) is 6.99. The molecule has 0 radical (unpaired) electrons. The van der Waals surface area contributed by atoms with E-state index in [0.717, 1.165) is 11.4 Å². The molecule has 1 aliphatic heterocycles. The van der Waals surface area contributed by atoms with Crippen molar-refractivity contribution in [3.05, 3.63) is 36.4 Å². The van der Waals surface area contributed by atoms with Gasteiger partial charge in [0.2, 0.25) is 0 Å². The quantitative estimate of drug-likeness (QED) is 0.235. The van der Waals surface area contributed by atoms with E-state index in [1.807, 2.05) is 24.3 Å². The molecule has 2 unspecified atom stereocenters. The number of rotatable bonds is 8. The Hall–Kier alpha value is -1.21. The van der Waals surface area contributed by atoms with Crippen LogP contribution in [0, 0.1) is 5.92 Å². The second-order valence-corrected chi connectivity index (χ2v) is 6.24. The van der Waals surface area contributed by atoms with Crippen LogP contribution in [0.2, 0.25) is 0 Å². The van der Waals surface area contributed by atoms with Gasteiger partial charge < -0.3 is 14.4 Å². The Balaban J connectivity index is 1.72. The number of amides is 1. The predicted octanol–water partition coefficient (Wildman–Crippen LogP) is 3.54. The van der Waals surface area contributed by atoms with Gasteiger partial charge in [0.15, 0.2) is 12.9 Å². The molecule has 3 rings (SSSR count). The Labute approximate surface area is 144 Å². The Morgan fingerprint density at radius 1 is 1.30 bits per heavy atom. The molecule has 1 aliphatic carbocycles. The Morgan fingerprint density at radius 3 is 2.65 bits per heavy atom. The molecule has 0 bridgehead atoms. The number of hydrogen-bond acceptors (Lipinski definition) is 5. The van der Waals surface area contributed by atoms with Crippen molar-refractivity contribution in [2.24, 2.45) is 5.92 Å². The van der Waals surface area contributed by atoms with E-state index in [-0.39, 0.29) is 18.7 Å². The molecule has 2 atom stereocenters. The van der Waals surface area contributed by atoms with Gasteiger partial charge in [-0.3, -0.25) is 8.98 Å². The van der Waals surface area contributed by atoms with Gasteiger partial charge in [-0.2, -0.15) is 0 Å². The molecule has 1 aromatic carbocycles. The third-order valence-electron chi connectivity index (χ3n) is 3.98. The number of benzene rings is 1. The molecule has 2 aliphatic rings. The van der Waals surface area contributed by atoms with E-state index in [1.54, 1.807) is 12.0 Å². The van der Waals surface area contributed by atoms with E-state index < -0.39 is 6.10 Å². The molecule has 23 heavy (non-hydrogen) atoms. The number of hydrogen-bond donors (Lipinski definition) is 0. The van der Waals surface area contributed by atoms with Crippen LogP contribution in [0.1, 0.15) is 12.8 Å². The molecular formula is C16H18ClNO4S. The van der Waals surface area contributed by atoms with Gasteiger partial charge in [-0.1, -0.05) is 12.2 Å².